The summed E-state index contributed by atoms with van der Waals surface area (Å²) in [6, 6.07) is 5.83. The summed E-state index contributed by atoms with van der Waals surface area (Å²) in [6.07, 6.45) is 3.68. The highest BCUT2D eigenvalue weighted by molar-refractivity contribution is 5.30. The van der Waals surface area contributed by atoms with E-state index in [1.807, 2.05) is 19.1 Å². The highest BCUT2D eigenvalue weighted by Crippen LogP contribution is 2.05. The molecule has 4 heteroatoms. The minimum absolute atomic E-state index is 0.251. The van der Waals surface area contributed by atoms with Crippen molar-refractivity contribution in [1.29, 1.82) is 5.26 Å². The van der Waals surface area contributed by atoms with Gasteiger partial charge in [0.25, 0.3) is 0 Å². The number of hydrogen-bond donors (Lipinski definition) is 2. The van der Waals surface area contributed by atoms with Gasteiger partial charge in [0.05, 0.1) is 0 Å². The smallest absolute Gasteiger partial charge is 0.144 e. The van der Waals surface area contributed by atoms with Crippen LogP contribution in [0.1, 0.15) is 31.0 Å². The van der Waals surface area contributed by atoms with Crippen molar-refractivity contribution in [2.75, 3.05) is 13.2 Å². The Morgan fingerprint density at radius 3 is 3.12 bits per heavy atom. The Balaban J connectivity index is 2.25. The second-order valence-electron chi connectivity index (χ2n) is 4.23. The first-order chi connectivity index (χ1) is 8.27. The minimum Gasteiger partial charge on any atom is -0.396 e. The van der Waals surface area contributed by atoms with Crippen molar-refractivity contribution in [3.8, 4) is 6.07 Å². The van der Waals surface area contributed by atoms with E-state index in [1.165, 1.54) is 0 Å². The molecule has 0 saturated heterocycles. The van der Waals surface area contributed by atoms with E-state index in [9.17, 15) is 0 Å². The van der Waals surface area contributed by atoms with Gasteiger partial charge in [0.15, 0.2) is 0 Å². The van der Waals surface area contributed by atoms with E-state index in [2.05, 4.69) is 16.4 Å². The Morgan fingerprint density at radius 1 is 1.59 bits per heavy atom. The van der Waals surface area contributed by atoms with Crippen molar-refractivity contribution in [2.45, 2.75) is 26.3 Å². The molecule has 1 aromatic rings. The fraction of sp³-hybridized carbons (Fsp3) is 0.538. The molecule has 17 heavy (non-hydrogen) atoms. The summed E-state index contributed by atoms with van der Waals surface area (Å²) in [5, 5.41) is 21.0. The summed E-state index contributed by atoms with van der Waals surface area (Å²) in [4.78, 5) is 4.00. The van der Waals surface area contributed by atoms with Crippen molar-refractivity contribution >= 4 is 0 Å². The predicted molar refractivity (Wildman–Crippen MR) is 66.1 cm³/mol. The van der Waals surface area contributed by atoms with Gasteiger partial charge in [-0.15, -0.1) is 0 Å². The Kier molecular flexibility index (Phi) is 6.23. The average Bonchev–Trinajstić information content (AvgIpc) is 2.38. The molecule has 0 spiro atoms. The number of nitrogens with one attached hydrogen (secondary N) is 1. The molecule has 0 bridgehead atoms. The molecule has 0 saturated carbocycles. The number of pyridine rings is 1. The molecule has 2 N–H and O–H groups in total. The van der Waals surface area contributed by atoms with Crippen LogP contribution in [0.2, 0.25) is 0 Å². The summed E-state index contributed by atoms with van der Waals surface area (Å²) >= 11 is 0. The fourth-order valence-electron chi connectivity index (χ4n) is 1.57. The fourth-order valence-corrected chi connectivity index (χ4v) is 1.57. The topological polar surface area (TPSA) is 68.9 Å². The van der Waals surface area contributed by atoms with Crippen LogP contribution in [0.3, 0.4) is 0 Å². The van der Waals surface area contributed by atoms with Crippen LogP contribution in [-0.4, -0.2) is 23.2 Å². The summed E-state index contributed by atoms with van der Waals surface area (Å²) < 4.78 is 0. The lowest BCUT2D eigenvalue weighted by molar-refractivity contribution is 0.228. The molecule has 1 rings (SSSR count). The van der Waals surface area contributed by atoms with Crippen LogP contribution in [0.15, 0.2) is 18.3 Å². The maximum atomic E-state index is 8.87. The number of nitriles is 1. The number of aliphatic hydroxyl groups excluding tert-OH is 1. The molecule has 0 aliphatic rings. The van der Waals surface area contributed by atoms with Crippen LogP contribution in [0, 0.1) is 17.2 Å². The summed E-state index contributed by atoms with van der Waals surface area (Å²) in [5.41, 5.74) is 1.42. The molecular formula is C13H19N3O. The van der Waals surface area contributed by atoms with E-state index in [-0.39, 0.29) is 6.61 Å². The Bertz CT molecular complexity index is 373. The van der Waals surface area contributed by atoms with Gasteiger partial charge in [-0.2, -0.15) is 5.26 Å². The molecule has 0 amide bonds. The van der Waals surface area contributed by atoms with Crippen molar-refractivity contribution in [2.24, 2.45) is 5.92 Å². The average molecular weight is 233 g/mol. The highest BCUT2D eigenvalue weighted by Gasteiger charge is 2.02. The molecule has 0 aromatic carbocycles. The molecule has 1 unspecified atom stereocenters. The SMILES string of the molecule is CC(CO)CCCNCc1cccnc1C#N. The molecule has 1 heterocycles. The van der Waals surface area contributed by atoms with Crippen LogP contribution in [-0.2, 0) is 6.54 Å². The number of hydrogen-bond acceptors (Lipinski definition) is 4. The zero-order chi connectivity index (χ0) is 12.5. The predicted octanol–water partition coefficient (Wildman–Crippen LogP) is 1.45. The molecule has 0 aliphatic heterocycles. The van der Waals surface area contributed by atoms with Gasteiger partial charge < -0.3 is 10.4 Å². The molecule has 1 atom stereocenters. The monoisotopic (exact) mass is 233 g/mol. The summed E-state index contributed by atoms with van der Waals surface area (Å²) in [7, 11) is 0. The molecule has 1 aromatic heterocycles. The van der Waals surface area contributed by atoms with Gasteiger partial charge in [-0.3, -0.25) is 0 Å². The minimum atomic E-state index is 0.251. The van der Waals surface area contributed by atoms with Gasteiger partial charge in [-0.1, -0.05) is 13.0 Å². The molecule has 4 nitrogen and oxygen atoms in total. The standard InChI is InChI=1S/C13H19N3O/c1-11(10-17)4-2-6-15-9-12-5-3-7-16-13(12)8-14/h3,5,7,11,15,17H,2,4,6,9-10H2,1H3. The van der Waals surface area contributed by atoms with E-state index < -0.39 is 0 Å². The Hall–Kier alpha value is -1.44. The maximum Gasteiger partial charge on any atom is 0.144 e. The summed E-state index contributed by atoms with van der Waals surface area (Å²) in [6.45, 7) is 3.85. The van der Waals surface area contributed by atoms with Gasteiger partial charge >= 0.3 is 0 Å². The van der Waals surface area contributed by atoms with Crippen LogP contribution in [0.5, 0.6) is 0 Å². The molecule has 0 radical (unpaired) electrons. The van der Waals surface area contributed by atoms with Crippen molar-refractivity contribution in [3.05, 3.63) is 29.6 Å². The quantitative estimate of drug-likeness (QED) is 0.699. The lowest BCUT2D eigenvalue weighted by atomic mass is 10.1. The number of aromatic nitrogens is 1. The second kappa shape index (κ2) is 7.77. The molecule has 92 valence electrons. The first-order valence-electron chi connectivity index (χ1n) is 5.93. The number of nitrogens with zero attached hydrogens (tertiary/aromatic N) is 2. The van der Waals surface area contributed by atoms with E-state index in [0.29, 0.717) is 18.2 Å². The maximum absolute atomic E-state index is 8.87. The van der Waals surface area contributed by atoms with Crippen LogP contribution in [0.25, 0.3) is 0 Å². The van der Waals surface area contributed by atoms with E-state index >= 15 is 0 Å². The van der Waals surface area contributed by atoms with Crippen molar-refractivity contribution < 1.29 is 5.11 Å². The van der Waals surface area contributed by atoms with Crippen LogP contribution >= 0.6 is 0 Å². The van der Waals surface area contributed by atoms with E-state index in [1.54, 1.807) is 6.20 Å². The van der Waals surface area contributed by atoms with Gasteiger partial charge in [0.2, 0.25) is 0 Å². The Labute approximate surface area is 102 Å². The first-order valence-corrected chi connectivity index (χ1v) is 5.93. The van der Waals surface area contributed by atoms with E-state index in [0.717, 1.165) is 24.9 Å². The lowest BCUT2D eigenvalue weighted by Gasteiger charge is -2.08. The molecule has 0 aliphatic carbocycles. The normalized spacial score (nSPS) is 12.1. The molecular weight excluding hydrogens is 214 g/mol. The number of rotatable bonds is 7. The third-order valence-electron chi connectivity index (χ3n) is 2.67. The van der Waals surface area contributed by atoms with Crippen LogP contribution < -0.4 is 5.32 Å². The Morgan fingerprint density at radius 2 is 2.41 bits per heavy atom. The van der Waals surface area contributed by atoms with Crippen LogP contribution in [0.4, 0.5) is 0 Å². The number of aliphatic hydroxyl groups is 1. The van der Waals surface area contributed by atoms with Gasteiger partial charge in [0.1, 0.15) is 11.8 Å². The van der Waals surface area contributed by atoms with Crippen molar-refractivity contribution in [1.82, 2.24) is 10.3 Å². The zero-order valence-corrected chi connectivity index (χ0v) is 10.2. The third-order valence-corrected chi connectivity index (χ3v) is 2.67. The third kappa shape index (κ3) is 4.94. The summed E-state index contributed by atoms with van der Waals surface area (Å²) in [5.74, 6) is 0.366. The van der Waals surface area contributed by atoms with Gasteiger partial charge in [-0.05, 0) is 31.4 Å². The molecule has 0 fully saturated rings. The lowest BCUT2D eigenvalue weighted by Crippen LogP contribution is -2.17. The largest absolute Gasteiger partial charge is 0.396 e. The van der Waals surface area contributed by atoms with Crippen molar-refractivity contribution in [3.63, 3.8) is 0 Å². The highest BCUT2D eigenvalue weighted by atomic mass is 16.3. The van der Waals surface area contributed by atoms with E-state index in [4.69, 9.17) is 10.4 Å². The zero-order valence-electron chi connectivity index (χ0n) is 10.2. The van der Waals surface area contributed by atoms with Gasteiger partial charge in [0, 0.05) is 24.9 Å². The van der Waals surface area contributed by atoms with Gasteiger partial charge in [-0.25, -0.2) is 4.98 Å². The first kappa shape index (κ1) is 13.6. The second-order valence-corrected chi connectivity index (χ2v) is 4.23.